The summed E-state index contributed by atoms with van der Waals surface area (Å²) in [5, 5.41) is 1.07. The number of hydrogen-bond acceptors (Lipinski definition) is 3. The van der Waals surface area contributed by atoms with Crippen LogP contribution in [-0.4, -0.2) is 17.1 Å². The molecule has 0 aliphatic rings. The van der Waals surface area contributed by atoms with Crippen LogP contribution in [0.2, 0.25) is 0 Å². The molecule has 0 N–H and O–H groups in total. The number of fused-ring (bicyclic) bond motifs is 1. The molecule has 0 bridgehead atoms. The van der Waals surface area contributed by atoms with Crippen LogP contribution in [0.5, 0.6) is 5.88 Å². The molecule has 3 heteroatoms. The van der Waals surface area contributed by atoms with Gasteiger partial charge in [0.1, 0.15) is 0 Å². The SMILES string of the molecule is CC.CC.COc1cc2nccc(C)c2cn1. The average Bonchev–Trinajstić information content (AvgIpc) is 2.43. The third kappa shape index (κ3) is 4.02. The number of pyridine rings is 2. The molecule has 0 saturated carbocycles. The van der Waals surface area contributed by atoms with E-state index in [9.17, 15) is 0 Å². The topological polar surface area (TPSA) is 35.0 Å². The molecule has 2 rings (SSSR count). The minimum atomic E-state index is 0.602. The summed E-state index contributed by atoms with van der Waals surface area (Å²) in [5.74, 6) is 0.602. The summed E-state index contributed by atoms with van der Waals surface area (Å²) in [6, 6.07) is 3.80. The summed E-state index contributed by atoms with van der Waals surface area (Å²) in [6.07, 6.45) is 3.58. The van der Waals surface area contributed by atoms with E-state index in [-0.39, 0.29) is 0 Å². The van der Waals surface area contributed by atoms with Crippen LogP contribution >= 0.6 is 0 Å². The van der Waals surface area contributed by atoms with Crippen LogP contribution in [0.15, 0.2) is 24.5 Å². The summed E-state index contributed by atoms with van der Waals surface area (Å²) in [5.41, 5.74) is 2.10. The fourth-order valence-electron chi connectivity index (χ4n) is 1.27. The van der Waals surface area contributed by atoms with Crippen molar-refractivity contribution < 1.29 is 4.74 Å². The lowest BCUT2D eigenvalue weighted by molar-refractivity contribution is 0.398. The maximum atomic E-state index is 5.01. The average molecular weight is 234 g/mol. The van der Waals surface area contributed by atoms with Crippen LogP contribution in [0.3, 0.4) is 0 Å². The first-order valence-corrected chi connectivity index (χ1v) is 6.06. The molecule has 0 saturated heterocycles. The number of methoxy groups -OCH3 is 1. The van der Waals surface area contributed by atoms with Crippen molar-refractivity contribution in [3.05, 3.63) is 30.1 Å². The van der Waals surface area contributed by atoms with Gasteiger partial charge in [-0.15, -0.1) is 0 Å². The van der Waals surface area contributed by atoms with Gasteiger partial charge in [-0.3, -0.25) is 4.98 Å². The number of hydrogen-bond donors (Lipinski definition) is 0. The first kappa shape index (κ1) is 15.4. The quantitative estimate of drug-likeness (QED) is 0.748. The van der Waals surface area contributed by atoms with Crippen LogP contribution in [0.4, 0.5) is 0 Å². The first-order chi connectivity index (χ1) is 8.31. The van der Waals surface area contributed by atoms with Crippen molar-refractivity contribution in [2.75, 3.05) is 7.11 Å². The van der Waals surface area contributed by atoms with Crippen molar-refractivity contribution in [1.29, 1.82) is 0 Å². The van der Waals surface area contributed by atoms with Crippen molar-refractivity contribution >= 4 is 10.9 Å². The van der Waals surface area contributed by atoms with Crippen LogP contribution < -0.4 is 4.74 Å². The van der Waals surface area contributed by atoms with Crippen LogP contribution in [-0.2, 0) is 0 Å². The van der Waals surface area contributed by atoms with Gasteiger partial charge < -0.3 is 4.74 Å². The van der Waals surface area contributed by atoms with E-state index in [1.165, 1.54) is 5.56 Å². The lowest BCUT2D eigenvalue weighted by atomic mass is 10.2. The van der Waals surface area contributed by atoms with Crippen molar-refractivity contribution in [2.24, 2.45) is 0 Å². The van der Waals surface area contributed by atoms with Gasteiger partial charge in [0, 0.05) is 23.8 Å². The van der Waals surface area contributed by atoms with Gasteiger partial charge in [0.2, 0.25) is 5.88 Å². The maximum absolute atomic E-state index is 5.01. The molecule has 0 atom stereocenters. The van der Waals surface area contributed by atoms with Crippen LogP contribution in [0, 0.1) is 6.92 Å². The second-order valence-electron chi connectivity index (χ2n) is 2.87. The lowest BCUT2D eigenvalue weighted by Gasteiger charge is -2.02. The summed E-state index contributed by atoms with van der Waals surface area (Å²) >= 11 is 0. The molecule has 0 aliphatic heterocycles. The van der Waals surface area contributed by atoms with E-state index in [2.05, 4.69) is 9.97 Å². The Kier molecular flexibility index (Phi) is 7.68. The predicted octanol–water partition coefficient (Wildman–Crippen LogP) is 4.00. The zero-order valence-electron chi connectivity index (χ0n) is 11.6. The van der Waals surface area contributed by atoms with Gasteiger partial charge in [-0.2, -0.15) is 0 Å². The molecular formula is C14H22N2O. The fourth-order valence-corrected chi connectivity index (χ4v) is 1.27. The largest absolute Gasteiger partial charge is 0.481 e. The van der Waals surface area contributed by atoms with Crippen LogP contribution in [0.1, 0.15) is 33.3 Å². The van der Waals surface area contributed by atoms with Gasteiger partial charge in [0.25, 0.3) is 0 Å². The Morgan fingerprint density at radius 3 is 2.29 bits per heavy atom. The maximum Gasteiger partial charge on any atom is 0.215 e. The van der Waals surface area contributed by atoms with E-state index in [1.807, 2.05) is 46.8 Å². The molecule has 0 aliphatic carbocycles. The van der Waals surface area contributed by atoms with E-state index >= 15 is 0 Å². The van der Waals surface area contributed by atoms with Crippen molar-refractivity contribution in [1.82, 2.24) is 9.97 Å². The number of nitrogens with zero attached hydrogens (tertiary/aromatic N) is 2. The van der Waals surface area contributed by atoms with E-state index in [0.717, 1.165) is 10.9 Å². The molecule has 0 unspecified atom stereocenters. The summed E-state index contributed by atoms with van der Waals surface area (Å²) in [4.78, 5) is 8.35. The number of aromatic nitrogens is 2. The Morgan fingerprint density at radius 1 is 1.06 bits per heavy atom. The first-order valence-electron chi connectivity index (χ1n) is 6.06. The Hall–Kier alpha value is -1.64. The van der Waals surface area contributed by atoms with Crippen molar-refractivity contribution in [3.8, 4) is 5.88 Å². The zero-order valence-corrected chi connectivity index (χ0v) is 11.6. The lowest BCUT2D eigenvalue weighted by Crippen LogP contribution is -1.89. The standard InChI is InChI=1S/C10H10N2O.2C2H6/c1-7-3-4-11-9-5-10(13-2)12-6-8(7)9;2*1-2/h3-6H,1-2H3;2*1-2H3. The van der Waals surface area contributed by atoms with E-state index in [1.54, 1.807) is 19.5 Å². The molecule has 2 aromatic rings. The molecule has 0 aromatic carbocycles. The van der Waals surface area contributed by atoms with E-state index in [4.69, 9.17) is 4.74 Å². The van der Waals surface area contributed by atoms with E-state index < -0.39 is 0 Å². The number of rotatable bonds is 1. The highest BCUT2D eigenvalue weighted by Gasteiger charge is 2.00. The Balaban J connectivity index is 0.000000581. The second kappa shape index (κ2) is 8.50. The number of ether oxygens (including phenoxy) is 1. The Labute approximate surface area is 104 Å². The normalized spacial score (nSPS) is 8.59. The van der Waals surface area contributed by atoms with Gasteiger partial charge in [-0.25, -0.2) is 4.98 Å². The second-order valence-corrected chi connectivity index (χ2v) is 2.87. The third-order valence-electron chi connectivity index (χ3n) is 2.03. The Morgan fingerprint density at radius 2 is 1.71 bits per heavy atom. The van der Waals surface area contributed by atoms with Crippen LogP contribution in [0.25, 0.3) is 10.9 Å². The molecule has 3 nitrogen and oxygen atoms in total. The van der Waals surface area contributed by atoms with E-state index in [0.29, 0.717) is 5.88 Å². The Bertz CT molecular complexity index is 441. The summed E-state index contributed by atoms with van der Waals surface area (Å²) < 4.78 is 5.01. The summed E-state index contributed by atoms with van der Waals surface area (Å²) in [7, 11) is 1.60. The molecule has 0 amide bonds. The van der Waals surface area contributed by atoms with Crippen molar-refractivity contribution in [3.63, 3.8) is 0 Å². The summed E-state index contributed by atoms with van der Waals surface area (Å²) in [6.45, 7) is 10.0. The molecule has 0 fully saturated rings. The van der Waals surface area contributed by atoms with Crippen molar-refractivity contribution in [2.45, 2.75) is 34.6 Å². The van der Waals surface area contributed by atoms with Gasteiger partial charge in [0.15, 0.2) is 0 Å². The highest BCUT2D eigenvalue weighted by atomic mass is 16.5. The van der Waals surface area contributed by atoms with Gasteiger partial charge in [-0.1, -0.05) is 27.7 Å². The molecular weight excluding hydrogens is 212 g/mol. The third-order valence-corrected chi connectivity index (χ3v) is 2.03. The molecule has 0 spiro atoms. The molecule has 94 valence electrons. The molecule has 0 radical (unpaired) electrons. The minimum Gasteiger partial charge on any atom is -0.481 e. The highest BCUT2D eigenvalue weighted by Crippen LogP contribution is 2.18. The molecule has 2 aromatic heterocycles. The highest BCUT2D eigenvalue weighted by molar-refractivity contribution is 5.81. The fraction of sp³-hybridized carbons (Fsp3) is 0.429. The molecule has 2 heterocycles. The number of aryl methyl sites for hydroxylation is 1. The minimum absolute atomic E-state index is 0.602. The smallest absolute Gasteiger partial charge is 0.215 e. The zero-order chi connectivity index (χ0) is 13.3. The monoisotopic (exact) mass is 234 g/mol. The predicted molar refractivity (Wildman–Crippen MR) is 73.5 cm³/mol. The molecule has 17 heavy (non-hydrogen) atoms. The van der Waals surface area contributed by atoms with Gasteiger partial charge >= 0.3 is 0 Å². The van der Waals surface area contributed by atoms with Gasteiger partial charge in [0.05, 0.1) is 12.6 Å². The van der Waals surface area contributed by atoms with Gasteiger partial charge in [-0.05, 0) is 18.6 Å².